The van der Waals surface area contributed by atoms with Crippen molar-refractivity contribution in [1.29, 1.82) is 0 Å². The summed E-state index contributed by atoms with van der Waals surface area (Å²) in [6.07, 6.45) is 0. The maximum atomic E-state index is 5.07. The number of hydrogen-bond acceptors (Lipinski definition) is 3. The SMILES string of the molecule is c1ccc(-c2nc(-c3ccccc3)nc(-c3cccc(-c4ccccc4-c4ccc5c(c4)-c4ccccc4C54c5ccccc5C5(c6ccccc6-c6ccccc65)c5ccccc54)c3)n2)cc1. The second-order valence-corrected chi connectivity index (χ2v) is 18.2. The number of hydrogen-bond donors (Lipinski definition) is 0. The van der Waals surface area contributed by atoms with Crippen molar-refractivity contribution in [3.8, 4) is 78.7 Å². The summed E-state index contributed by atoms with van der Waals surface area (Å²) in [5.74, 6) is 1.93. The van der Waals surface area contributed by atoms with Gasteiger partial charge in [0.05, 0.1) is 10.8 Å². The predicted octanol–water partition coefficient (Wildman–Crippen LogP) is 15.2. The highest BCUT2D eigenvalue weighted by Gasteiger charge is 2.58. The molecule has 0 amide bonds. The van der Waals surface area contributed by atoms with Crippen molar-refractivity contribution in [3.63, 3.8) is 0 Å². The lowest BCUT2D eigenvalue weighted by Gasteiger charge is -2.48. The van der Waals surface area contributed by atoms with E-state index in [0.717, 1.165) is 27.8 Å². The van der Waals surface area contributed by atoms with Gasteiger partial charge in [0.1, 0.15) is 0 Å². The van der Waals surface area contributed by atoms with E-state index in [1.54, 1.807) is 0 Å². The van der Waals surface area contributed by atoms with Crippen LogP contribution in [0, 0.1) is 0 Å². The van der Waals surface area contributed by atoms with Gasteiger partial charge >= 0.3 is 0 Å². The van der Waals surface area contributed by atoms with Crippen LogP contribution in [0.1, 0.15) is 44.5 Å². The van der Waals surface area contributed by atoms with E-state index in [1.165, 1.54) is 77.9 Å². The molecule has 3 heteroatoms. The summed E-state index contributed by atoms with van der Waals surface area (Å²) in [6.45, 7) is 0. The van der Waals surface area contributed by atoms with Crippen LogP contribution in [0.2, 0.25) is 0 Å². The third-order valence-corrected chi connectivity index (χ3v) is 14.8. The molecule has 11 aromatic rings. The summed E-state index contributed by atoms with van der Waals surface area (Å²) in [5.41, 5.74) is 22.3. The maximum Gasteiger partial charge on any atom is 0.164 e. The van der Waals surface area contributed by atoms with E-state index in [0.29, 0.717) is 17.5 Å². The van der Waals surface area contributed by atoms with Gasteiger partial charge in [-0.05, 0) is 101 Å². The lowest BCUT2D eigenvalue weighted by Crippen LogP contribution is -2.43. The van der Waals surface area contributed by atoms with E-state index in [-0.39, 0.29) is 0 Å². The molecule has 1 aromatic heterocycles. The van der Waals surface area contributed by atoms with Crippen molar-refractivity contribution in [1.82, 2.24) is 15.0 Å². The molecule has 0 bridgehead atoms. The van der Waals surface area contributed by atoms with Gasteiger partial charge in [0.15, 0.2) is 17.5 Å². The van der Waals surface area contributed by atoms with Crippen LogP contribution in [0.3, 0.4) is 0 Å². The quantitative estimate of drug-likeness (QED) is 0.173. The molecule has 2 spiro atoms. The minimum absolute atomic E-state index is 0.468. The van der Waals surface area contributed by atoms with E-state index >= 15 is 0 Å². The highest BCUT2D eigenvalue weighted by molar-refractivity contribution is 5.96. The van der Waals surface area contributed by atoms with Crippen molar-refractivity contribution in [2.24, 2.45) is 0 Å². The highest BCUT2D eigenvalue weighted by atomic mass is 15.0. The van der Waals surface area contributed by atoms with Crippen LogP contribution in [0.5, 0.6) is 0 Å². The molecule has 0 radical (unpaired) electrons. The zero-order valence-corrected chi connectivity index (χ0v) is 37.0. The Hall–Kier alpha value is -8.79. The fourth-order valence-electron chi connectivity index (χ4n) is 12.2. The number of fused-ring (bicyclic) bond motifs is 16. The van der Waals surface area contributed by atoms with Gasteiger partial charge in [-0.15, -0.1) is 0 Å². The van der Waals surface area contributed by atoms with Crippen molar-refractivity contribution in [3.05, 3.63) is 293 Å². The lowest BCUT2D eigenvalue weighted by atomic mass is 9.52. The minimum atomic E-state index is -0.537. The molecule has 68 heavy (non-hydrogen) atoms. The third kappa shape index (κ3) is 5.33. The van der Waals surface area contributed by atoms with E-state index in [4.69, 9.17) is 15.0 Å². The van der Waals surface area contributed by atoms with E-state index < -0.39 is 10.8 Å². The fraction of sp³-hybridized carbons (Fsp3) is 0.0308. The first-order chi connectivity index (χ1) is 33.7. The zero-order chi connectivity index (χ0) is 44.8. The molecule has 14 rings (SSSR count). The summed E-state index contributed by atoms with van der Waals surface area (Å²) < 4.78 is 0. The van der Waals surface area contributed by atoms with Gasteiger partial charge in [-0.3, -0.25) is 0 Å². The monoisotopic (exact) mass is 863 g/mol. The normalized spacial score (nSPS) is 13.8. The van der Waals surface area contributed by atoms with Gasteiger partial charge < -0.3 is 0 Å². The summed E-state index contributed by atoms with van der Waals surface area (Å²) >= 11 is 0. The summed E-state index contributed by atoms with van der Waals surface area (Å²) in [5, 5.41) is 0. The number of rotatable bonds is 5. The van der Waals surface area contributed by atoms with Crippen molar-refractivity contribution in [2.45, 2.75) is 10.8 Å². The molecule has 0 saturated carbocycles. The van der Waals surface area contributed by atoms with Gasteiger partial charge in [0.2, 0.25) is 0 Å². The Morgan fingerprint density at radius 2 is 0.500 bits per heavy atom. The second kappa shape index (κ2) is 14.9. The van der Waals surface area contributed by atoms with Gasteiger partial charge in [0, 0.05) is 16.7 Å². The van der Waals surface area contributed by atoms with Crippen molar-refractivity contribution >= 4 is 0 Å². The molecule has 3 aliphatic carbocycles. The number of benzene rings is 10. The van der Waals surface area contributed by atoms with Crippen LogP contribution in [-0.4, -0.2) is 15.0 Å². The molecule has 3 aliphatic rings. The first-order valence-electron chi connectivity index (χ1n) is 23.4. The summed E-state index contributed by atoms with van der Waals surface area (Å²) in [6, 6.07) is 90.9. The smallest absolute Gasteiger partial charge is 0.164 e. The fourth-order valence-corrected chi connectivity index (χ4v) is 12.2. The molecule has 10 aromatic carbocycles. The number of aromatic nitrogens is 3. The second-order valence-electron chi connectivity index (χ2n) is 18.2. The van der Waals surface area contributed by atoms with Gasteiger partial charge in [-0.1, -0.05) is 237 Å². The minimum Gasteiger partial charge on any atom is -0.208 e. The molecular formula is C65H41N3. The summed E-state index contributed by atoms with van der Waals surface area (Å²) in [4.78, 5) is 15.1. The molecule has 3 nitrogen and oxygen atoms in total. The Labute approximate surface area is 395 Å². The Morgan fingerprint density at radius 1 is 0.191 bits per heavy atom. The van der Waals surface area contributed by atoms with Crippen LogP contribution in [0.25, 0.3) is 78.7 Å². The van der Waals surface area contributed by atoms with Gasteiger partial charge in [-0.25, -0.2) is 15.0 Å². The summed E-state index contributed by atoms with van der Waals surface area (Å²) in [7, 11) is 0. The molecule has 0 aliphatic heterocycles. The predicted molar refractivity (Wildman–Crippen MR) is 275 cm³/mol. The molecule has 0 unspecified atom stereocenters. The molecule has 0 saturated heterocycles. The van der Waals surface area contributed by atoms with Gasteiger partial charge in [0.25, 0.3) is 0 Å². The van der Waals surface area contributed by atoms with Crippen LogP contribution in [0.4, 0.5) is 0 Å². The van der Waals surface area contributed by atoms with Crippen LogP contribution < -0.4 is 0 Å². The zero-order valence-electron chi connectivity index (χ0n) is 37.0. The highest BCUT2D eigenvalue weighted by Crippen LogP contribution is 2.67. The molecule has 0 atom stereocenters. The topological polar surface area (TPSA) is 38.7 Å². The first-order valence-corrected chi connectivity index (χ1v) is 23.4. The molecular weight excluding hydrogens is 823 g/mol. The molecule has 0 fully saturated rings. The van der Waals surface area contributed by atoms with E-state index in [1.807, 2.05) is 60.7 Å². The standard InChI is InChI=1S/C65H41N3/c1-3-20-42(21-4-1)61-66-62(43-22-5-2-6-23-43)68-63(67-61)46-25-19-24-44(40-46)47-26-7-8-27-48(47)45-38-39-56-52(41-45)51-30-11-14-33-55(51)65(56)59-36-17-15-34-57(59)64(58-35-16-18-37-60(58)65)53-31-12-9-28-49(53)50-29-10-13-32-54(50)64/h1-41H. The van der Waals surface area contributed by atoms with E-state index in [9.17, 15) is 0 Å². The molecule has 0 N–H and O–H groups in total. The maximum absolute atomic E-state index is 5.07. The van der Waals surface area contributed by atoms with E-state index in [2.05, 4.69) is 188 Å². The largest absolute Gasteiger partial charge is 0.208 e. The van der Waals surface area contributed by atoms with Crippen LogP contribution >= 0.6 is 0 Å². The average Bonchev–Trinajstić information content (AvgIpc) is 3.89. The van der Waals surface area contributed by atoms with Crippen LogP contribution in [-0.2, 0) is 10.8 Å². The van der Waals surface area contributed by atoms with Crippen molar-refractivity contribution < 1.29 is 0 Å². The Morgan fingerprint density at radius 3 is 0.956 bits per heavy atom. The van der Waals surface area contributed by atoms with Crippen molar-refractivity contribution in [2.75, 3.05) is 0 Å². The lowest BCUT2D eigenvalue weighted by molar-refractivity contribution is 0.633. The molecule has 316 valence electrons. The van der Waals surface area contributed by atoms with Crippen LogP contribution in [0.15, 0.2) is 249 Å². The van der Waals surface area contributed by atoms with Gasteiger partial charge in [-0.2, -0.15) is 0 Å². The average molecular weight is 864 g/mol. The first kappa shape index (κ1) is 38.5. The number of nitrogens with zero attached hydrogens (tertiary/aromatic N) is 3. The third-order valence-electron chi connectivity index (χ3n) is 14.8. The Balaban J connectivity index is 0.940. The Kier molecular flexibility index (Phi) is 8.41. The molecule has 1 heterocycles. The Bertz CT molecular complexity index is 3660.